The molecule has 2 aromatic rings. The van der Waals surface area contributed by atoms with Gasteiger partial charge in [-0.25, -0.2) is 4.39 Å². The van der Waals surface area contributed by atoms with Crippen molar-refractivity contribution in [3.05, 3.63) is 59.4 Å². The number of aliphatic imine (C=N–C) groups is 1. The molecule has 0 bridgehead atoms. The highest BCUT2D eigenvalue weighted by Gasteiger charge is 2.02. The van der Waals surface area contributed by atoms with Crippen molar-refractivity contribution >= 4 is 17.6 Å². The monoisotopic (exact) mass is 372 g/mol. The minimum absolute atomic E-state index is 0.125. The molecular weight excluding hydrogens is 347 g/mol. The molecule has 0 radical (unpaired) electrons. The summed E-state index contributed by atoms with van der Waals surface area (Å²) in [5, 5.41) is 9.04. The molecule has 0 heterocycles. The number of amides is 1. The second-order valence-corrected chi connectivity index (χ2v) is 5.99. The van der Waals surface area contributed by atoms with Crippen molar-refractivity contribution in [3.8, 4) is 5.75 Å². The minimum Gasteiger partial charge on any atom is -0.492 e. The number of benzene rings is 2. The van der Waals surface area contributed by atoms with E-state index in [9.17, 15) is 9.18 Å². The number of carbonyl (C=O) groups excluding carboxylic acids is 1. The van der Waals surface area contributed by atoms with Crippen molar-refractivity contribution in [1.29, 1.82) is 0 Å². The Morgan fingerprint density at radius 3 is 2.70 bits per heavy atom. The number of nitrogens with one attached hydrogen (secondary N) is 3. The van der Waals surface area contributed by atoms with E-state index in [0.29, 0.717) is 42.7 Å². The summed E-state index contributed by atoms with van der Waals surface area (Å²) in [4.78, 5) is 15.2. The van der Waals surface area contributed by atoms with Gasteiger partial charge in [0.25, 0.3) is 0 Å². The highest BCUT2D eigenvalue weighted by atomic mass is 19.1. The maximum atomic E-state index is 13.3. The first-order valence-electron chi connectivity index (χ1n) is 8.68. The van der Waals surface area contributed by atoms with Gasteiger partial charge in [0, 0.05) is 32.3 Å². The molecule has 0 aliphatic rings. The molecular formula is C20H25FN4O2. The van der Waals surface area contributed by atoms with Crippen molar-refractivity contribution in [2.24, 2.45) is 4.99 Å². The lowest BCUT2D eigenvalue weighted by molar-refractivity contribution is -0.114. The third-order valence-corrected chi connectivity index (χ3v) is 3.72. The van der Waals surface area contributed by atoms with Gasteiger partial charge in [0.2, 0.25) is 5.91 Å². The summed E-state index contributed by atoms with van der Waals surface area (Å²) in [6, 6.07) is 12.2. The normalized spacial score (nSPS) is 11.0. The van der Waals surface area contributed by atoms with Crippen molar-refractivity contribution in [3.63, 3.8) is 0 Å². The van der Waals surface area contributed by atoms with E-state index in [0.717, 1.165) is 5.56 Å². The molecule has 144 valence electrons. The van der Waals surface area contributed by atoms with Crippen molar-refractivity contribution < 1.29 is 13.9 Å². The molecule has 1 amide bonds. The molecule has 0 spiro atoms. The van der Waals surface area contributed by atoms with Gasteiger partial charge in [-0.15, -0.1) is 0 Å². The molecule has 27 heavy (non-hydrogen) atoms. The van der Waals surface area contributed by atoms with Gasteiger partial charge >= 0.3 is 0 Å². The summed E-state index contributed by atoms with van der Waals surface area (Å²) in [6.45, 7) is 4.72. The standard InChI is InChI=1S/C20H25FN4O2/c1-14-11-16(7-8-19(14)21)13-24-20(22-3)23-9-10-27-18-6-4-5-17(12-18)25-15(2)26/h4-8,11-12H,9-10,13H2,1-3H3,(H,25,26)(H2,22,23,24). The number of nitrogens with zero attached hydrogens (tertiary/aromatic N) is 1. The summed E-state index contributed by atoms with van der Waals surface area (Å²) >= 11 is 0. The fraction of sp³-hybridized carbons (Fsp3) is 0.300. The molecule has 6 nitrogen and oxygen atoms in total. The molecule has 0 aliphatic heterocycles. The van der Waals surface area contributed by atoms with Gasteiger partial charge in [-0.2, -0.15) is 0 Å². The molecule has 0 unspecified atom stereocenters. The van der Waals surface area contributed by atoms with Gasteiger partial charge in [0.05, 0.1) is 6.54 Å². The average molecular weight is 372 g/mol. The van der Waals surface area contributed by atoms with Crippen LogP contribution in [-0.2, 0) is 11.3 Å². The van der Waals surface area contributed by atoms with E-state index in [4.69, 9.17) is 4.74 Å². The van der Waals surface area contributed by atoms with E-state index in [2.05, 4.69) is 20.9 Å². The molecule has 0 saturated carbocycles. The number of aryl methyl sites for hydroxylation is 1. The van der Waals surface area contributed by atoms with Crippen LogP contribution in [0.15, 0.2) is 47.5 Å². The van der Waals surface area contributed by atoms with E-state index in [1.165, 1.54) is 13.0 Å². The van der Waals surface area contributed by atoms with Crippen LogP contribution in [0.1, 0.15) is 18.1 Å². The summed E-state index contributed by atoms with van der Waals surface area (Å²) < 4.78 is 19.0. The SMILES string of the molecule is CN=C(NCCOc1cccc(NC(C)=O)c1)NCc1ccc(F)c(C)c1. The van der Waals surface area contributed by atoms with E-state index < -0.39 is 0 Å². The predicted octanol–water partition coefficient (Wildman–Crippen LogP) is 2.84. The molecule has 2 rings (SSSR count). The van der Waals surface area contributed by atoms with Gasteiger partial charge in [-0.05, 0) is 36.2 Å². The van der Waals surface area contributed by atoms with Crippen LogP contribution in [-0.4, -0.2) is 32.1 Å². The number of hydrogen-bond acceptors (Lipinski definition) is 3. The third kappa shape index (κ3) is 6.97. The summed E-state index contributed by atoms with van der Waals surface area (Å²) in [6.07, 6.45) is 0. The zero-order chi connectivity index (χ0) is 19.6. The van der Waals surface area contributed by atoms with Crippen LogP contribution < -0.4 is 20.7 Å². The number of rotatable bonds is 7. The number of carbonyl (C=O) groups is 1. The number of ether oxygens (including phenoxy) is 1. The Balaban J connectivity index is 1.74. The summed E-state index contributed by atoms with van der Waals surface area (Å²) in [5.41, 5.74) is 2.29. The molecule has 3 N–H and O–H groups in total. The van der Waals surface area contributed by atoms with Crippen LogP contribution in [0.25, 0.3) is 0 Å². The number of hydrogen-bond donors (Lipinski definition) is 3. The number of halogens is 1. The summed E-state index contributed by atoms with van der Waals surface area (Å²) in [7, 11) is 1.68. The van der Waals surface area contributed by atoms with Gasteiger partial charge < -0.3 is 20.7 Å². The topological polar surface area (TPSA) is 74.8 Å². The van der Waals surface area contributed by atoms with E-state index in [-0.39, 0.29) is 11.7 Å². The van der Waals surface area contributed by atoms with E-state index in [1.54, 1.807) is 38.2 Å². The molecule has 0 aliphatic carbocycles. The Hall–Kier alpha value is -3.09. The minimum atomic E-state index is -0.207. The lowest BCUT2D eigenvalue weighted by atomic mass is 10.1. The van der Waals surface area contributed by atoms with Gasteiger partial charge in [0.15, 0.2) is 5.96 Å². The second kappa shape index (κ2) is 10.2. The maximum Gasteiger partial charge on any atom is 0.221 e. The smallest absolute Gasteiger partial charge is 0.221 e. The lowest BCUT2D eigenvalue weighted by Crippen LogP contribution is -2.38. The Morgan fingerprint density at radius 2 is 2.00 bits per heavy atom. The highest BCUT2D eigenvalue weighted by molar-refractivity contribution is 5.88. The van der Waals surface area contributed by atoms with Crippen molar-refractivity contribution in [2.45, 2.75) is 20.4 Å². The fourth-order valence-electron chi connectivity index (χ4n) is 2.43. The van der Waals surface area contributed by atoms with E-state index in [1.807, 2.05) is 12.1 Å². The Kier molecular flexibility index (Phi) is 7.61. The number of guanidine groups is 1. The van der Waals surface area contributed by atoms with Gasteiger partial charge in [-0.3, -0.25) is 9.79 Å². The molecule has 2 aromatic carbocycles. The predicted molar refractivity (Wildman–Crippen MR) is 106 cm³/mol. The lowest BCUT2D eigenvalue weighted by Gasteiger charge is -2.13. The Labute approximate surface area is 158 Å². The third-order valence-electron chi connectivity index (χ3n) is 3.72. The van der Waals surface area contributed by atoms with Crippen LogP contribution in [0, 0.1) is 12.7 Å². The van der Waals surface area contributed by atoms with Gasteiger partial charge in [-0.1, -0.05) is 18.2 Å². The molecule has 0 atom stereocenters. The largest absolute Gasteiger partial charge is 0.492 e. The van der Waals surface area contributed by atoms with Gasteiger partial charge in [0.1, 0.15) is 18.2 Å². The molecule has 0 fully saturated rings. The summed E-state index contributed by atoms with van der Waals surface area (Å²) in [5.74, 6) is 0.973. The van der Waals surface area contributed by atoms with Crippen LogP contribution in [0.2, 0.25) is 0 Å². The first-order valence-corrected chi connectivity index (χ1v) is 8.68. The van der Waals surface area contributed by atoms with Crippen LogP contribution >= 0.6 is 0 Å². The molecule has 0 saturated heterocycles. The first-order chi connectivity index (χ1) is 13.0. The van der Waals surface area contributed by atoms with Crippen LogP contribution in [0.4, 0.5) is 10.1 Å². The van der Waals surface area contributed by atoms with E-state index >= 15 is 0 Å². The Bertz CT molecular complexity index is 808. The Morgan fingerprint density at radius 1 is 1.19 bits per heavy atom. The average Bonchev–Trinajstić information content (AvgIpc) is 2.63. The maximum absolute atomic E-state index is 13.3. The second-order valence-electron chi connectivity index (χ2n) is 5.99. The first kappa shape index (κ1) is 20.2. The zero-order valence-corrected chi connectivity index (χ0v) is 15.8. The fourth-order valence-corrected chi connectivity index (χ4v) is 2.43. The number of anilines is 1. The van der Waals surface area contributed by atoms with Crippen molar-refractivity contribution in [1.82, 2.24) is 10.6 Å². The van der Waals surface area contributed by atoms with Crippen LogP contribution in [0.5, 0.6) is 5.75 Å². The molecule has 0 aromatic heterocycles. The highest BCUT2D eigenvalue weighted by Crippen LogP contribution is 2.17. The van der Waals surface area contributed by atoms with Crippen molar-refractivity contribution in [2.75, 3.05) is 25.5 Å². The zero-order valence-electron chi connectivity index (χ0n) is 15.8. The molecule has 7 heteroatoms. The quantitative estimate of drug-likeness (QED) is 0.397. The van der Waals surface area contributed by atoms with Crippen LogP contribution in [0.3, 0.4) is 0 Å².